The molecule has 37 heavy (non-hydrogen) atoms. The molecule has 1 amide bonds. The van der Waals surface area contributed by atoms with Gasteiger partial charge in [-0.15, -0.1) is 0 Å². The maximum Gasteiger partial charge on any atom is 0.273 e. The molecule has 8 heteroatoms. The molecular weight excluding hydrogens is 490 g/mol. The fourth-order valence-corrected chi connectivity index (χ4v) is 4.92. The maximum absolute atomic E-state index is 13.8. The lowest BCUT2D eigenvalue weighted by atomic mass is 9.95. The lowest BCUT2D eigenvalue weighted by Gasteiger charge is -2.27. The standard InChI is InChI=1S/C29H28ClN3O4/c1-4-36-23-15-12-19(16-24(23)37-5-2)28-25-26(18-10-13-21(35-3)14-11-18)31-32-27(25)29(34)33(28)17-20-8-6-7-9-22(20)30/h6-16,28H,4-5,17H2,1-3H3,(H,31,32). The number of hydrogen-bond acceptors (Lipinski definition) is 5. The second-order valence-corrected chi connectivity index (χ2v) is 9.00. The summed E-state index contributed by atoms with van der Waals surface area (Å²) < 4.78 is 17.0. The summed E-state index contributed by atoms with van der Waals surface area (Å²) in [6.45, 7) is 5.22. The molecule has 0 spiro atoms. The van der Waals surface area contributed by atoms with E-state index in [1.807, 2.05) is 85.5 Å². The quantitative estimate of drug-likeness (QED) is 0.282. The third-order valence-corrected chi connectivity index (χ3v) is 6.78. The molecule has 0 aliphatic carbocycles. The van der Waals surface area contributed by atoms with Crippen molar-refractivity contribution in [3.8, 4) is 28.5 Å². The van der Waals surface area contributed by atoms with E-state index in [1.54, 1.807) is 7.11 Å². The van der Waals surface area contributed by atoms with Gasteiger partial charge < -0.3 is 19.1 Å². The van der Waals surface area contributed by atoms with Gasteiger partial charge in [-0.1, -0.05) is 35.9 Å². The Balaban J connectivity index is 1.65. The number of ether oxygens (including phenoxy) is 3. The van der Waals surface area contributed by atoms with Gasteiger partial charge in [0.15, 0.2) is 11.5 Å². The average molecular weight is 518 g/mol. The molecule has 1 N–H and O–H groups in total. The number of carbonyl (C=O) groups is 1. The fraction of sp³-hybridized carbons (Fsp3) is 0.241. The van der Waals surface area contributed by atoms with Crippen molar-refractivity contribution in [2.24, 2.45) is 0 Å². The van der Waals surface area contributed by atoms with Crippen LogP contribution in [0.15, 0.2) is 66.7 Å². The molecular formula is C29H28ClN3O4. The van der Waals surface area contributed by atoms with Crippen LogP contribution in [0.4, 0.5) is 0 Å². The molecule has 3 aromatic carbocycles. The molecule has 4 aromatic rings. The summed E-state index contributed by atoms with van der Waals surface area (Å²) in [6.07, 6.45) is 0. The Hall–Kier alpha value is -3.97. The highest BCUT2D eigenvalue weighted by molar-refractivity contribution is 6.31. The SMILES string of the molecule is CCOc1ccc(C2c3c(-c4ccc(OC)cc4)n[nH]c3C(=O)N2Cc2ccccc2Cl)cc1OCC. The van der Waals surface area contributed by atoms with E-state index in [0.29, 0.717) is 47.7 Å². The Morgan fingerprint density at radius 1 is 0.973 bits per heavy atom. The lowest BCUT2D eigenvalue weighted by molar-refractivity contribution is 0.0730. The first-order valence-corrected chi connectivity index (χ1v) is 12.6. The molecule has 1 aromatic heterocycles. The highest BCUT2D eigenvalue weighted by Gasteiger charge is 2.42. The van der Waals surface area contributed by atoms with E-state index >= 15 is 0 Å². The number of fused-ring (bicyclic) bond motifs is 1. The number of carbonyl (C=O) groups excluding carboxylic acids is 1. The smallest absolute Gasteiger partial charge is 0.273 e. The Labute approximate surface area is 220 Å². The highest BCUT2D eigenvalue weighted by Crippen LogP contribution is 2.45. The van der Waals surface area contributed by atoms with Gasteiger partial charge >= 0.3 is 0 Å². The highest BCUT2D eigenvalue weighted by atomic mass is 35.5. The van der Waals surface area contributed by atoms with Crippen molar-refractivity contribution in [2.45, 2.75) is 26.4 Å². The average Bonchev–Trinajstić information content (AvgIpc) is 3.46. The zero-order chi connectivity index (χ0) is 25.9. The van der Waals surface area contributed by atoms with Crippen LogP contribution in [0.3, 0.4) is 0 Å². The van der Waals surface area contributed by atoms with Gasteiger partial charge in [-0.25, -0.2) is 0 Å². The number of aromatic nitrogens is 2. The normalized spacial score (nSPS) is 14.5. The summed E-state index contributed by atoms with van der Waals surface area (Å²) in [5.74, 6) is 1.91. The van der Waals surface area contributed by atoms with Crippen molar-refractivity contribution in [2.75, 3.05) is 20.3 Å². The zero-order valence-electron chi connectivity index (χ0n) is 21.0. The van der Waals surface area contributed by atoms with E-state index in [2.05, 4.69) is 10.2 Å². The first-order valence-electron chi connectivity index (χ1n) is 12.2. The number of amides is 1. The Bertz CT molecular complexity index is 1420. The molecule has 1 atom stereocenters. The second-order valence-electron chi connectivity index (χ2n) is 8.59. The van der Waals surface area contributed by atoms with Crippen LogP contribution in [-0.4, -0.2) is 41.3 Å². The van der Waals surface area contributed by atoms with E-state index in [4.69, 9.17) is 25.8 Å². The summed E-state index contributed by atoms with van der Waals surface area (Å²) in [5, 5.41) is 8.17. The van der Waals surface area contributed by atoms with Gasteiger partial charge in [0.25, 0.3) is 5.91 Å². The van der Waals surface area contributed by atoms with Crippen molar-refractivity contribution in [1.29, 1.82) is 0 Å². The Morgan fingerprint density at radius 2 is 1.70 bits per heavy atom. The van der Waals surface area contributed by atoms with Crippen LogP contribution in [0.1, 0.15) is 47.1 Å². The van der Waals surface area contributed by atoms with E-state index < -0.39 is 6.04 Å². The topological polar surface area (TPSA) is 76.7 Å². The zero-order valence-corrected chi connectivity index (χ0v) is 21.7. The van der Waals surface area contributed by atoms with E-state index in [-0.39, 0.29) is 5.91 Å². The second kappa shape index (κ2) is 10.6. The summed E-state index contributed by atoms with van der Waals surface area (Å²) in [4.78, 5) is 15.6. The molecule has 2 heterocycles. The van der Waals surface area contributed by atoms with Gasteiger partial charge in [0, 0.05) is 22.7 Å². The Morgan fingerprint density at radius 3 is 2.41 bits per heavy atom. The van der Waals surface area contributed by atoms with Crippen LogP contribution in [-0.2, 0) is 6.54 Å². The van der Waals surface area contributed by atoms with Crippen molar-refractivity contribution in [3.63, 3.8) is 0 Å². The lowest BCUT2D eigenvalue weighted by Crippen LogP contribution is -2.29. The Kier molecular flexibility index (Phi) is 7.06. The van der Waals surface area contributed by atoms with E-state index in [0.717, 1.165) is 28.0 Å². The predicted molar refractivity (Wildman–Crippen MR) is 143 cm³/mol. The number of benzene rings is 3. The van der Waals surface area contributed by atoms with Gasteiger partial charge in [0.05, 0.1) is 32.1 Å². The monoisotopic (exact) mass is 517 g/mol. The summed E-state index contributed by atoms with van der Waals surface area (Å²) in [5.41, 5.74) is 4.63. The first kappa shape index (κ1) is 24.7. The molecule has 0 saturated carbocycles. The molecule has 1 aliphatic rings. The van der Waals surface area contributed by atoms with Crippen molar-refractivity contribution in [3.05, 3.63) is 94.1 Å². The largest absolute Gasteiger partial charge is 0.497 e. The molecule has 0 radical (unpaired) electrons. The number of halogens is 1. The van der Waals surface area contributed by atoms with Gasteiger partial charge in [-0.05, 0) is 67.4 Å². The summed E-state index contributed by atoms with van der Waals surface area (Å²) in [7, 11) is 1.63. The molecule has 190 valence electrons. The third kappa shape index (κ3) is 4.62. The van der Waals surface area contributed by atoms with E-state index in [1.165, 1.54) is 0 Å². The fourth-order valence-electron chi connectivity index (χ4n) is 4.72. The van der Waals surface area contributed by atoms with Gasteiger partial charge in [0.2, 0.25) is 0 Å². The maximum atomic E-state index is 13.8. The number of nitrogens with zero attached hydrogens (tertiary/aromatic N) is 2. The van der Waals surface area contributed by atoms with Gasteiger partial charge in [-0.3, -0.25) is 9.89 Å². The van der Waals surface area contributed by atoms with Crippen molar-refractivity contribution < 1.29 is 19.0 Å². The number of H-pyrrole nitrogens is 1. The first-order chi connectivity index (χ1) is 18.0. The van der Waals surface area contributed by atoms with Crippen LogP contribution < -0.4 is 14.2 Å². The molecule has 1 aliphatic heterocycles. The predicted octanol–water partition coefficient (Wildman–Crippen LogP) is 6.28. The molecule has 7 nitrogen and oxygen atoms in total. The van der Waals surface area contributed by atoms with Crippen LogP contribution >= 0.6 is 11.6 Å². The van der Waals surface area contributed by atoms with Crippen LogP contribution in [0, 0.1) is 0 Å². The molecule has 1 unspecified atom stereocenters. The number of aromatic amines is 1. The summed E-state index contributed by atoms with van der Waals surface area (Å²) in [6, 6.07) is 20.6. The van der Waals surface area contributed by atoms with E-state index in [9.17, 15) is 4.79 Å². The minimum absolute atomic E-state index is 0.140. The number of rotatable bonds is 9. The van der Waals surface area contributed by atoms with Crippen LogP contribution in [0.2, 0.25) is 5.02 Å². The third-order valence-electron chi connectivity index (χ3n) is 6.41. The van der Waals surface area contributed by atoms with Crippen molar-refractivity contribution >= 4 is 17.5 Å². The number of nitrogens with one attached hydrogen (secondary N) is 1. The minimum atomic E-state index is -0.412. The minimum Gasteiger partial charge on any atom is -0.497 e. The number of hydrogen-bond donors (Lipinski definition) is 1. The van der Waals surface area contributed by atoms with Gasteiger partial charge in [-0.2, -0.15) is 5.10 Å². The molecule has 5 rings (SSSR count). The van der Waals surface area contributed by atoms with Crippen molar-refractivity contribution in [1.82, 2.24) is 15.1 Å². The van der Waals surface area contributed by atoms with Crippen LogP contribution in [0.25, 0.3) is 11.3 Å². The molecule has 0 bridgehead atoms. The summed E-state index contributed by atoms with van der Waals surface area (Å²) >= 11 is 6.50. The molecule has 0 fully saturated rings. The van der Waals surface area contributed by atoms with Crippen LogP contribution in [0.5, 0.6) is 17.2 Å². The van der Waals surface area contributed by atoms with Gasteiger partial charge in [0.1, 0.15) is 11.4 Å². The molecule has 0 saturated heterocycles. The number of methoxy groups -OCH3 is 1.